The van der Waals surface area contributed by atoms with E-state index in [1.807, 2.05) is 13.8 Å². The molecular formula is C11H26N2O3. The maximum absolute atomic E-state index is 9.98. The highest BCUT2D eigenvalue weighted by Crippen LogP contribution is 1.89. The zero-order valence-electron chi connectivity index (χ0n) is 11.0. The van der Waals surface area contributed by atoms with Gasteiger partial charge >= 0.3 is 0 Å². The van der Waals surface area contributed by atoms with Crippen molar-refractivity contribution >= 4 is 5.91 Å². The van der Waals surface area contributed by atoms with Crippen LogP contribution >= 0.6 is 0 Å². The number of carbonyl (C=O) groups is 1. The maximum atomic E-state index is 9.98. The van der Waals surface area contributed by atoms with Crippen LogP contribution in [0.2, 0.25) is 0 Å². The Labute approximate surface area is 98.8 Å². The van der Waals surface area contributed by atoms with E-state index in [9.17, 15) is 4.79 Å². The second-order valence-corrected chi connectivity index (χ2v) is 3.12. The first-order valence-electron chi connectivity index (χ1n) is 5.78. The molecule has 0 atom stereocenters. The molecule has 0 aromatic heterocycles. The lowest BCUT2D eigenvalue weighted by Crippen LogP contribution is -2.32. The summed E-state index contributed by atoms with van der Waals surface area (Å²) in [5, 5.41) is 10.5. The Morgan fingerprint density at radius 1 is 1.38 bits per heavy atom. The topological polar surface area (TPSA) is 61.8 Å². The maximum Gasteiger partial charge on any atom is 0.216 e. The number of hydrogen-bond donors (Lipinski definition) is 2. The summed E-state index contributed by atoms with van der Waals surface area (Å²) in [5.74, 6) is -0.103. The second kappa shape index (κ2) is 14.3. The minimum absolute atomic E-state index is 0.0135. The Balaban J connectivity index is 0. The minimum Gasteiger partial charge on any atom is -0.395 e. The molecule has 0 aliphatic carbocycles. The monoisotopic (exact) mass is 234 g/mol. The molecular weight excluding hydrogens is 208 g/mol. The largest absolute Gasteiger partial charge is 0.395 e. The molecule has 1 rings (SSSR count). The van der Waals surface area contributed by atoms with Gasteiger partial charge < -0.3 is 20.1 Å². The number of ether oxygens (including phenoxy) is 1. The van der Waals surface area contributed by atoms with Crippen LogP contribution in [0.4, 0.5) is 0 Å². The zero-order valence-corrected chi connectivity index (χ0v) is 11.0. The summed E-state index contributed by atoms with van der Waals surface area (Å²) in [5.41, 5.74) is 0. The molecule has 5 nitrogen and oxygen atoms in total. The van der Waals surface area contributed by atoms with Crippen molar-refractivity contribution in [3.05, 3.63) is 0 Å². The Bertz CT molecular complexity index is 148. The molecule has 0 aromatic carbocycles. The lowest BCUT2D eigenvalue weighted by molar-refractivity contribution is -0.119. The van der Waals surface area contributed by atoms with Gasteiger partial charge in [-0.05, 0) is 7.05 Å². The van der Waals surface area contributed by atoms with E-state index < -0.39 is 0 Å². The number of morpholine rings is 1. The van der Waals surface area contributed by atoms with Crippen molar-refractivity contribution in [3.63, 3.8) is 0 Å². The van der Waals surface area contributed by atoms with Crippen molar-refractivity contribution in [3.8, 4) is 0 Å². The number of aliphatic hydroxyl groups excluding tert-OH is 1. The number of carbonyl (C=O) groups excluding carboxylic acids is 1. The summed E-state index contributed by atoms with van der Waals surface area (Å²) < 4.78 is 5.10. The average Bonchev–Trinajstić information content (AvgIpc) is 2.31. The van der Waals surface area contributed by atoms with Gasteiger partial charge in [0.05, 0.1) is 19.8 Å². The Morgan fingerprint density at radius 2 is 1.88 bits per heavy atom. The van der Waals surface area contributed by atoms with Gasteiger partial charge in [0.25, 0.3) is 0 Å². The molecule has 0 bridgehead atoms. The van der Waals surface area contributed by atoms with E-state index in [0.29, 0.717) is 6.54 Å². The number of amides is 1. The Morgan fingerprint density at radius 3 is 2.06 bits per heavy atom. The van der Waals surface area contributed by atoms with Gasteiger partial charge in [-0.15, -0.1) is 0 Å². The fourth-order valence-electron chi connectivity index (χ4n) is 0.887. The fraction of sp³-hybridized carbons (Fsp3) is 0.909. The number of likely N-dealkylation sites (N-methyl/N-ethyl adjacent to an activating group) is 1. The summed E-state index contributed by atoms with van der Waals surface area (Å²) in [6.07, 6.45) is 0. The van der Waals surface area contributed by atoms with Crippen LogP contribution < -0.4 is 5.32 Å². The van der Waals surface area contributed by atoms with Crippen LogP contribution in [-0.4, -0.2) is 62.4 Å². The normalized spacial score (nSPS) is 15.1. The molecule has 0 aromatic rings. The van der Waals surface area contributed by atoms with Crippen LogP contribution in [-0.2, 0) is 9.53 Å². The van der Waals surface area contributed by atoms with E-state index in [2.05, 4.69) is 17.3 Å². The summed E-state index contributed by atoms with van der Waals surface area (Å²) in [4.78, 5) is 12.2. The summed E-state index contributed by atoms with van der Waals surface area (Å²) >= 11 is 0. The molecule has 98 valence electrons. The quantitative estimate of drug-likeness (QED) is 0.711. The highest BCUT2D eigenvalue weighted by Gasteiger charge is 2.02. The molecule has 0 spiro atoms. The first-order chi connectivity index (χ1) is 7.66. The number of hydrogen-bond acceptors (Lipinski definition) is 4. The van der Waals surface area contributed by atoms with Gasteiger partial charge in [-0.3, -0.25) is 4.79 Å². The second-order valence-electron chi connectivity index (χ2n) is 3.12. The predicted octanol–water partition coefficient (Wildman–Crippen LogP) is 0.0894. The number of rotatable bonds is 2. The zero-order chi connectivity index (χ0) is 12.8. The van der Waals surface area contributed by atoms with Crippen molar-refractivity contribution in [1.29, 1.82) is 0 Å². The smallest absolute Gasteiger partial charge is 0.216 e. The van der Waals surface area contributed by atoms with Gasteiger partial charge in [0, 0.05) is 26.6 Å². The molecule has 1 saturated heterocycles. The highest BCUT2D eigenvalue weighted by atomic mass is 16.5. The third-order valence-corrected chi connectivity index (χ3v) is 1.72. The van der Waals surface area contributed by atoms with E-state index in [1.54, 1.807) is 0 Å². The van der Waals surface area contributed by atoms with Crippen molar-refractivity contribution < 1.29 is 14.6 Å². The van der Waals surface area contributed by atoms with Crippen LogP contribution in [0.15, 0.2) is 0 Å². The Kier molecular flexibility index (Phi) is 15.9. The summed E-state index contributed by atoms with van der Waals surface area (Å²) in [7, 11) is 2.11. The first-order valence-corrected chi connectivity index (χ1v) is 5.78. The van der Waals surface area contributed by atoms with Crippen LogP contribution in [0.5, 0.6) is 0 Å². The van der Waals surface area contributed by atoms with Gasteiger partial charge in [0.2, 0.25) is 5.91 Å². The molecule has 0 saturated carbocycles. The van der Waals surface area contributed by atoms with E-state index in [1.165, 1.54) is 6.92 Å². The van der Waals surface area contributed by atoms with Crippen molar-refractivity contribution in [2.24, 2.45) is 0 Å². The average molecular weight is 234 g/mol. The molecule has 1 fully saturated rings. The summed E-state index contributed by atoms with van der Waals surface area (Å²) in [6, 6.07) is 0. The lowest BCUT2D eigenvalue weighted by atomic mass is 10.5. The molecule has 0 unspecified atom stereocenters. The lowest BCUT2D eigenvalue weighted by Gasteiger charge is -2.21. The third-order valence-electron chi connectivity index (χ3n) is 1.72. The molecule has 0 radical (unpaired) electrons. The molecule has 16 heavy (non-hydrogen) atoms. The van der Waals surface area contributed by atoms with Crippen LogP contribution in [0, 0.1) is 0 Å². The van der Waals surface area contributed by atoms with E-state index >= 15 is 0 Å². The molecule has 1 amide bonds. The van der Waals surface area contributed by atoms with Gasteiger partial charge in [-0.25, -0.2) is 0 Å². The Hall–Kier alpha value is -0.650. The van der Waals surface area contributed by atoms with Gasteiger partial charge in [-0.2, -0.15) is 0 Å². The standard InChI is InChI=1S/C5H11NO.C4H9NO2.C2H6/c1-6-2-4-7-5-3-6;1-4(7)5-2-3-6;1-2/h2-5H2,1H3;6H,2-3H2,1H3,(H,5,7);1-2H3. The first kappa shape index (κ1) is 17.7. The summed E-state index contributed by atoms with van der Waals surface area (Å²) in [6.45, 7) is 9.80. The van der Waals surface area contributed by atoms with E-state index in [4.69, 9.17) is 9.84 Å². The SMILES string of the molecule is CC.CC(=O)NCCO.CN1CCOCC1. The minimum atomic E-state index is -0.103. The molecule has 2 N–H and O–H groups in total. The molecule has 5 heteroatoms. The van der Waals surface area contributed by atoms with E-state index in [-0.39, 0.29) is 12.5 Å². The fourth-order valence-corrected chi connectivity index (χ4v) is 0.887. The van der Waals surface area contributed by atoms with Crippen LogP contribution in [0.25, 0.3) is 0 Å². The number of nitrogens with one attached hydrogen (secondary N) is 1. The van der Waals surface area contributed by atoms with Gasteiger partial charge in [-0.1, -0.05) is 13.8 Å². The van der Waals surface area contributed by atoms with Gasteiger partial charge in [0.15, 0.2) is 0 Å². The highest BCUT2D eigenvalue weighted by molar-refractivity contribution is 5.72. The van der Waals surface area contributed by atoms with Crippen LogP contribution in [0.3, 0.4) is 0 Å². The van der Waals surface area contributed by atoms with E-state index in [0.717, 1.165) is 26.3 Å². The van der Waals surface area contributed by atoms with Crippen molar-refractivity contribution in [2.75, 3.05) is 46.5 Å². The van der Waals surface area contributed by atoms with Crippen molar-refractivity contribution in [2.45, 2.75) is 20.8 Å². The number of aliphatic hydroxyl groups is 1. The van der Waals surface area contributed by atoms with Gasteiger partial charge in [0.1, 0.15) is 0 Å². The van der Waals surface area contributed by atoms with Crippen molar-refractivity contribution in [1.82, 2.24) is 10.2 Å². The molecule has 1 aliphatic rings. The number of nitrogens with zero attached hydrogens (tertiary/aromatic N) is 1. The predicted molar refractivity (Wildman–Crippen MR) is 65.4 cm³/mol. The molecule has 1 aliphatic heterocycles. The molecule has 1 heterocycles. The van der Waals surface area contributed by atoms with Crippen LogP contribution in [0.1, 0.15) is 20.8 Å². The third kappa shape index (κ3) is 15.8.